The van der Waals surface area contributed by atoms with Gasteiger partial charge in [0.1, 0.15) is 12.1 Å². The molecule has 0 bridgehead atoms. The molecule has 4 saturated carbocycles. The topological polar surface area (TPSA) is 81.7 Å². The van der Waals surface area contributed by atoms with E-state index in [9.17, 15) is 14.4 Å². The molecule has 0 aromatic heterocycles. The van der Waals surface area contributed by atoms with Gasteiger partial charge in [-0.05, 0) is 110 Å². The second kappa shape index (κ2) is 11.7. The fraction of sp³-hybridized carbons (Fsp3) is 0.872. The van der Waals surface area contributed by atoms with Crippen LogP contribution in [0.15, 0.2) is 11.6 Å². The van der Waals surface area contributed by atoms with Crippen molar-refractivity contribution in [1.29, 1.82) is 0 Å². The van der Waals surface area contributed by atoms with Gasteiger partial charge >= 0.3 is 11.9 Å². The predicted octanol–water partition coefficient (Wildman–Crippen LogP) is 8.28. The van der Waals surface area contributed by atoms with Gasteiger partial charge in [-0.25, -0.2) is 4.79 Å². The highest BCUT2D eigenvalue weighted by molar-refractivity contribution is 5.89. The lowest BCUT2D eigenvalue weighted by Crippen LogP contribution is -2.66. The zero-order valence-electron chi connectivity index (χ0n) is 30.3. The third-order valence-electron chi connectivity index (χ3n) is 15.6. The number of hydrogen-bond donors (Lipinski definition) is 1. The number of carbonyl (C=O) groups excluding carboxylic acids is 3. The van der Waals surface area contributed by atoms with E-state index in [0.717, 1.165) is 64.2 Å². The minimum Gasteiger partial charge on any atom is -0.467 e. The summed E-state index contributed by atoms with van der Waals surface area (Å²) in [5.74, 6) is 1.72. The number of carbonyl (C=O) groups is 3. The fourth-order valence-electron chi connectivity index (χ4n) is 12.3. The number of methoxy groups -OCH3 is 1. The molecule has 45 heavy (non-hydrogen) atoms. The number of nitrogens with one attached hydrogen (secondary N) is 1. The smallest absolute Gasteiger partial charge is 0.328 e. The molecule has 254 valence electrons. The summed E-state index contributed by atoms with van der Waals surface area (Å²) in [5.41, 5.74) is 1.28. The van der Waals surface area contributed by atoms with Crippen molar-refractivity contribution >= 4 is 17.8 Å². The molecule has 12 atom stereocenters. The maximum atomic E-state index is 14.6. The van der Waals surface area contributed by atoms with Crippen LogP contribution in [0.2, 0.25) is 0 Å². The van der Waals surface area contributed by atoms with Gasteiger partial charge in [0.25, 0.3) is 0 Å². The number of amides is 1. The number of esters is 2. The lowest BCUT2D eigenvalue weighted by molar-refractivity contribution is -0.212. The molecule has 5 aliphatic rings. The average Bonchev–Trinajstić information content (AvgIpc) is 2.98. The molecule has 6 nitrogen and oxygen atoms in total. The van der Waals surface area contributed by atoms with Crippen LogP contribution < -0.4 is 5.32 Å². The Bertz CT molecular complexity index is 1220. The molecule has 6 heteroatoms. The van der Waals surface area contributed by atoms with E-state index in [0.29, 0.717) is 23.7 Å². The molecule has 0 heterocycles. The molecule has 1 N–H and O–H groups in total. The Kier molecular flexibility index (Phi) is 8.96. The van der Waals surface area contributed by atoms with E-state index >= 15 is 0 Å². The van der Waals surface area contributed by atoms with E-state index in [4.69, 9.17) is 9.47 Å². The zero-order valence-corrected chi connectivity index (χ0v) is 30.3. The molecule has 2 unspecified atom stereocenters. The molecular formula is C39H63NO5. The molecular weight excluding hydrogens is 562 g/mol. The first kappa shape index (κ1) is 34.5. The van der Waals surface area contributed by atoms with Gasteiger partial charge in [-0.1, -0.05) is 80.4 Å². The van der Waals surface area contributed by atoms with Crippen LogP contribution in [0.3, 0.4) is 0 Å². The minimum atomic E-state index is -0.617. The predicted molar refractivity (Wildman–Crippen MR) is 178 cm³/mol. The number of hydrogen-bond acceptors (Lipinski definition) is 5. The van der Waals surface area contributed by atoms with Gasteiger partial charge in [0.05, 0.1) is 12.5 Å². The second-order valence-corrected chi connectivity index (χ2v) is 17.6. The van der Waals surface area contributed by atoms with Crippen LogP contribution in [-0.2, 0) is 23.9 Å². The molecule has 0 aromatic carbocycles. The van der Waals surface area contributed by atoms with Crippen molar-refractivity contribution in [2.24, 2.45) is 62.6 Å². The molecule has 0 radical (unpaired) electrons. The van der Waals surface area contributed by atoms with Crippen molar-refractivity contribution in [2.75, 3.05) is 7.11 Å². The van der Waals surface area contributed by atoms with Crippen molar-refractivity contribution in [3.05, 3.63) is 11.6 Å². The summed E-state index contributed by atoms with van der Waals surface area (Å²) in [6.45, 7) is 22.8. The number of allylic oxidation sites excluding steroid dienone is 2. The maximum Gasteiger partial charge on any atom is 0.328 e. The summed E-state index contributed by atoms with van der Waals surface area (Å²) in [6.07, 6.45) is 12.6. The molecule has 5 rings (SSSR count). The van der Waals surface area contributed by atoms with Crippen LogP contribution in [0.1, 0.15) is 133 Å². The normalized spacial score (nSPS) is 44.8. The van der Waals surface area contributed by atoms with Crippen molar-refractivity contribution < 1.29 is 23.9 Å². The number of fused-ring (bicyclic) bond motifs is 7. The van der Waals surface area contributed by atoms with Gasteiger partial charge in [-0.2, -0.15) is 0 Å². The van der Waals surface area contributed by atoms with Gasteiger partial charge in [-0.3, -0.25) is 9.59 Å². The van der Waals surface area contributed by atoms with Crippen LogP contribution >= 0.6 is 0 Å². The Morgan fingerprint density at radius 2 is 1.64 bits per heavy atom. The minimum absolute atomic E-state index is 0.00901. The first-order valence-corrected chi connectivity index (χ1v) is 18.2. The molecule has 0 spiro atoms. The van der Waals surface area contributed by atoms with Crippen LogP contribution in [-0.4, -0.2) is 37.1 Å². The Hall–Kier alpha value is -1.85. The van der Waals surface area contributed by atoms with Crippen LogP contribution in [0.5, 0.6) is 0 Å². The fourth-order valence-corrected chi connectivity index (χ4v) is 12.3. The Labute approximate surface area is 273 Å². The van der Waals surface area contributed by atoms with Gasteiger partial charge in [0, 0.05) is 12.3 Å². The van der Waals surface area contributed by atoms with E-state index < -0.39 is 11.5 Å². The highest BCUT2D eigenvalue weighted by Gasteiger charge is 2.69. The van der Waals surface area contributed by atoms with Gasteiger partial charge in [0.15, 0.2) is 0 Å². The standard InChI is InChI=1S/C39H63NO5/c1-12-23(2)32(33(42)44-11)40-34(43)39-20-15-24(3)25(4)31(39)27-13-14-29-36(8)18-17-30(45-26(5)41)35(6,7)28(36)16-19-38(29,10)37(27,9)21-22-39/h13,23-25,28-32H,12,14-22H2,1-11H3,(H,40,43)/t23?,24-,25+,28+,29-,30+,31+,32?,36+,37-,38-,39+/m1/s1. The summed E-state index contributed by atoms with van der Waals surface area (Å²) >= 11 is 0. The molecule has 5 aliphatic carbocycles. The average molecular weight is 626 g/mol. The molecule has 1 amide bonds. The summed E-state index contributed by atoms with van der Waals surface area (Å²) < 4.78 is 11.1. The Morgan fingerprint density at radius 3 is 2.27 bits per heavy atom. The Morgan fingerprint density at radius 1 is 0.956 bits per heavy atom. The third-order valence-corrected chi connectivity index (χ3v) is 15.6. The molecule has 0 saturated heterocycles. The number of ether oxygens (including phenoxy) is 2. The monoisotopic (exact) mass is 625 g/mol. The SMILES string of the molecule is CCC(C)C(NC(=O)[C@]12CC[C@@H](C)[C@H](C)[C@H]1C1=CC[C@@H]3[C@@]4(C)CC[C@H](OC(C)=O)C(C)(C)[C@@H]4CC[C@@]3(C)[C@]1(C)CC2)C(=O)OC. The largest absolute Gasteiger partial charge is 0.467 e. The van der Waals surface area contributed by atoms with E-state index in [-0.39, 0.29) is 57.4 Å². The lowest BCUT2D eigenvalue weighted by Gasteiger charge is -2.71. The van der Waals surface area contributed by atoms with E-state index in [1.807, 2.05) is 6.92 Å². The van der Waals surface area contributed by atoms with Gasteiger partial charge in [0.2, 0.25) is 5.91 Å². The maximum absolute atomic E-state index is 14.6. The molecule has 4 fully saturated rings. The summed E-state index contributed by atoms with van der Waals surface area (Å²) in [4.78, 5) is 39.5. The van der Waals surface area contributed by atoms with Crippen LogP contribution in [0, 0.1) is 62.6 Å². The number of rotatable bonds is 6. The summed E-state index contributed by atoms with van der Waals surface area (Å²) in [5, 5.41) is 3.28. The summed E-state index contributed by atoms with van der Waals surface area (Å²) in [7, 11) is 1.42. The van der Waals surface area contributed by atoms with Crippen molar-refractivity contribution in [3.8, 4) is 0 Å². The van der Waals surface area contributed by atoms with Crippen LogP contribution in [0.4, 0.5) is 0 Å². The van der Waals surface area contributed by atoms with Gasteiger partial charge < -0.3 is 14.8 Å². The Balaban J connectivity index is 1.53. The lowest BCUT2D eigenvalue weighted by atomic mass is 9.33. The van der Waals surface area contributed by atoms with E-state index in [1.54, 1.807) is 6.92 Å². The highest BCUT2D eigenvalue weighted by Crippen LogP contribution is 2.76. The highest BCUT2D eigenvalue weighted by atomic mass is 16.5. The second-order valence-electron chi connectivity index (χ2n) is 17.6. The van der Waals surface area contributed by atoms with Gasteiger partial charge in [-0.15, -0.1) is 0 Å². The van der Waals surface area contributed by atoms with E-state index in [1.165, 1.54) is 12.7 Å². The summed E-state index contributed by atoms with van der Waals surface area (Å²) in [6, 6.07) is -0.617. The quantitative estimate of drug-likeness (QED) is 0.237. The first-order chi connectivity index (χ1) is 20.9. The molecule has 0 aliphatic heterocycles. The van der Waals surface area contributed by atoms with Crippen LogP contribution in [0.25, 0.3) is 0 Å². The molecule has 0 aromatic rings. The van der Waals surface area contributed by atoms with Crippen molar-refractivity contribution in [3.63, 3.8) is 0 Å². The van der Waals surface area contributed by atoms with Crippen molar-refractivity contribution in [2.45, 2.75) is 146 Å². The van der Waals surface area contributed by atoms with E-state index in [2.05, 4.69) is 66.8 Å². The zero-order chi connectivity index (χ0) is 33.3. The van der Waals surface area contributed by atoms with Crippen molar-refractivity contribution in [1.82, 2.24) is 5.32 Å². The third kappa shape index (κ3) is 4.95. The first-order valence-electron chi connectivity index (χ1n) is 18.2.